The molecule has 11 heteroatoms. The number of carbonyl (C=O) groups is 3. The monoisotopic (exact) mass is 569 g/mol. The summed E-state index contributed by atoms with van der Waals surface area (Å²) in [6.07, 6.45) is 1.39. The molecule has 0 aliphatic carbocycles. The third kappa shape index (κ3) is 7.55. The number of methoxy groups -OCH3 is 3. The van der Waals surface area contributed by atoms with Crippen molar-refractivity contribution >= 4 is 39.9 Å². The number of ether oxygens (including phenoxy) is 4. The van der Waals surface area contributed by atoms with Crippen LogP contribution in [0.5, 0.6) is 23.0 Å². The van der Waals surface area contributed by atoms with Crippen LogP contribution in [-0.2, 0) is 4.79 Å². The van der Waals surface area contributed by atoms with Crippen molar-refractivity contribution in [2.75, 3.05) is 27.9 Å². The second kappa shape index (κ2) is 13.1. The lowest BCUT2D eigenvalue weighted by Gasteiger charge is -2.10. The Morgan fingerprint density at radius 1 is 0.838 bits per heavy atom. The molecule has 0 bridgehead atoms. The fourth-order valence-corrected chi connectivity index (χ4v) is 3.48. The number of nitrogens with one attached hydrogen (secondary N) is 2. The van der Waals surface area contributed by atoms with E-state index >= 15 is 0 Å². The molecule has 0 heterocycles. The molecule has 2 amide bonds. The number of esters is 1. The molecule has 10 nitrogen and oxygen atoms in total. The molecule has 0 fully saturated rings. The molecule has 0 aromatic heterocycles. The van der Waals surface area contributed by atoms with Crippen molar-refractivity contribution < 1.29 is 33.3 Å². The van der Waals surface area contributed by atoms with Crippen LogP contribution in [0.1, 0.15) is 26.3 Å². The summed E-state index contributed by atoms with van der Waals surface area (Å²) in [6.45, 7) is -0.293. The summed E-state index contributed by atoms with van der Waals surface area (Å²) in [5.74, 6) is -0.114. The molecule has 3 aromatic carbocycles. The average molecular weight is 570 g/mol. The standard InChI is InChI=1S/C26H24BrN3O7/c1-34-20-10-8-17(13-23(20)36-3)25(32)28-15-24(31)30-29-14-16-7-9-21(22(11-16)35-2)37-26(33)18-5-4-6-19(27)12-18/h4-14H,15H2,1-3H3,(H,28,32)(H,30,31)/b29-14-. The summed E-state index contributed by atoms with van der Waals surface area (Å²) in [4.78, 5) is 36.8. The number of amides is 2. The average Bonchev–Trinajstić information content (AvgIpc) is 2.91. The minimum Gasteiger partial charge on any atom is -0.493 e. The third-order valence-electron chi connectivity index (χ3n) is 4.91. The minimum atomic E-state index is -0.539. The van der Waals surface area contributed by atoms with Crippen LogP contribution in [0, 0.1) is 0 Å². The maximum Gasteiger partial charge on any atom is 0.343 e. The van der Waals surface area contributed by atoms with Crippen molar-refractivity contribution in [1.29, 1.82) is 0 Å². The van der Waals surface area contributed by atoms with E-state index in [4.69, 9.17) is 18.9 Å². The summed E-state index contributed by atoms with van der Waals surface area (Å²) in [5, 5.41) is 6.39. The van der Waals surface area contributed by atoms with Crippen LogP contribution in [0.4, 0.5) is 0 Å². The van der Waals surface area contributed by atoms with E-state index in [1.54, 1.807) is 54.6 Å². The Kier molecular flexibility index (Phi) is 9.61. The van der Waals surface area contributed by atoms with E-state index in [1.165, 1.54) is 33.6 Å². The molecule has 0 atom stereocenters. The van der Waals surface area contributed by atoms with Gasteiger partial charge >= 0.3 is 5.97 Å². The van der Waals surface area contributed by atoms with E-state index in [0.717, 1.165) is 4.47 Å². The Bertz CT molecular complexity index is 1330. The Hall–Kier alpha value is -4.38. The van der Waals surface area contributed by atoms with Gasteiger partial charge in [0, 0.05) is 10.0 Å². The van der Waals surface area contributed by atoms with Crippen molar-refractivity contribution in [3.63, 3.8) is 0 Å². The molecule has 37 heavy (non-hydrogen) atoms. The van der Waals surface area contributed by atoms with Crippen molar-refractivity contribution in [1.82, 2.24) is 10.7 Å². The van der Waals surface area contributed by atoms with Crippen LogP contribution in [0.25, 0.3) is 0 Å². The molecule has 0 spiro atoms. The van der Waals surface area contributed by atoms with Crippen LogP contribution in [0.3, 0.4) is 0 Å². The second-order valence-electron chi connectivity index (χ2n) is 7.36. The molecule has 0 aliphatic rings. The van der Waals surface area contributed by atoms with E-state index in [-0.39, 0.29) is 12.3 Å². The van der Waals surface area contributed by atoms with Gasteiger partial charge in [0.15, 0.2) is 23.0 Å². The maximum atomic E-state index is 12.4. The molecular formula is C26H24BrN3O7. The lowest BCUT2D eigenvalue weighted by molar-refractivity contribution is -0.120. The van der Waals surface area contributed by atoms with Crippen molar-refractivity contribution in [2.24, 2.45) is 5.10 Å². The summed E-state index contributed by atoms with van der Waals surface area (Å²) in [5.41, 5.74) is 3.59. The van der Waals surface area contributed by atoms with Crippen molar-refractivity contribution in [2.45, 2.75) is 0 Å². The zero-order valence-electron chi connectivity index (χ0n) is 20.2. The van der Waals surface area contributed by atoms with Crippen LogP contribution in [0.2, 0.25) is 0 Å². The highest BCUT2D eigenvalue weighted by atomic mass is 79.9. The molecule has 0 radical (unpaired) electrons. The number of rotatable bonds is 10. The highest BCUT2D eigenvalue weighted by molar-refractivity contribution is 9.10. The number of halogens is 1. The number of hydrogen-bond acceptors (Lipinski definition) is 8. The highest BCUT2D eigenvalue weighted by Gasteiger charge is 2.14. The first kappa shape index (κ1) is 27.2. The van der Waals surface area contributed by atoms with Gasteiger partial charge in [-0.2, -0.15) is 5.10 Å². The third-order valence-corrected chi connectivity index (χ3v) is 5.40. The number of benzene rings is 3. The van der Waals surface area contributed by atoms with Crippen LogP contribution >= 0.6 is 15.9 Å². The predicted molar refractivity (Wildman–Crippen MR) is 140 cm³/mol. The van der Waals surface area contributed by atoms with E-state index in [2.05, 4.69) is 31.8 Å². The van der Waals surface area contributed by atoms with Crippen molar-refractivity contribution in [3.05, 3.63) is 81.8 Å². The van der Waals surface area contributed by atoms with Gasteiger partial charge in [0.1, 0.15) is 0 Å². The Labute approximate surface area is 221 Å². The molecule has 192 valence electrons. The van der Waals surface area contributed by atoms with Gasteiger partial charge in [0.05, 0.1) is 39.7 Å². The molecule has 2 N–H and O–H groups in total. The van der Waals surface area contributed by atoms with E-state index < -0.39 is 17.8 Å². The molecule has 0 aliphatic heterocycles. The van der Waals surface area contributed by atoms with E-state index in [9.17, 15) is 14.4 Å². The summed E-state index contributed by atoms with van der Waals surface area (Å²) < 4.78 is 21.8. The molecule has 3 rings (SSSR count). The summed E-state index contributed by atoms with van der Waals surface area (Å²) in [7, 11) is 4.40. The first-order valence-electron chi connectivity index (χ1n) is 10.8. The van der Waals surface area contributed by atoms with Gasteiger partial charge in [-0.1, -0.05) is 22.0 Å². The van der Waals surface area contributed by atoms with Gasteiger partial charge in [-0.25, -0.2) is 10.2 Å². The molecule has 0 saturated heterocycles. The Morgan fingerprint density at radius 3 is 2.24 bits per heavy atom. The fourth-order valence-electron chi connectivity index (χ4n) is 3.08. The lowest BCUT2D eigenvalue weighted by Crippen LogP contribution is -2.34. The second-order valence-corrected chi connectivity index (χ2v) is 8.27. The molecule has 0 saturated carbocycles. The Balaban J connectivity index is 1.54. The highest BCUT2D eigenvalue weighted by Crippen LogP contribution is 2.29. The number of nitrogens with zero attached hydrogens (tertiary/aromatic N) is 1. The van der Waals surface area contributed by atoms with Gasteiger partial charge in [-0.15, -0.1) is 0 Å². The zero-order chi connectivity index (χ0) is 26.8. The topological polar surface area (TPSA) is 125 Å². The zero-order valence-corrected chi connectivity index (χ0v) is 21.8. The van der Waals surface area contributed by atoms with E-state index in [0.29, 0.717) is 33.9 Å². The number of hydrogen-bond donors (Lipinski definition) is 2. The minimum absolute atomic E-state index is 0.228. The summed E-state index contributed by atoms with van der Waals surface area (Å²) >= 11 is 3.32. The SMILES string of the molecule is COc1ccc(C(=O)NCC(=O)N/N=C\c2ccc(OC(=O)c3cccc(Br)c3)c(OC)c2)cc1OC. The van der Waals surface area contributed by atoms with Crippen molar-refractivity contribution in [3.8, 4) is 23.0 Å². The lowest BCUT2D eigenvalue weighted by atomic mass is 10.2. The van der Waals surface area contributed by atoms with Crippen LogP contribution < -0.4 is 29.7 Å². The Morgan fingerprint density at radius 2 is 1.54 bits per heavy atom. The van der Waals surface area contributed by atoms with E-state index in [1.807, 2.05) is 0 Å². The number of carbonyl (C=O) groups excluding carboxylic acids is 3. The number of hydrazone groups is 1. The first-order valence-corrected chi connectivity index (χ1v) is 11.6. The molecule has 3 aromatic rings. The molecular weight excluding hydrogens is 546 g/mol. The van der Waals surface area contributed by atoms with Gasteiger partial charge < -0.3 is 24.3 Å². The van der Waals surface area contributed by atoms with Gasteiger partial charge in [-0.05, 0) is 60.2 Å². The van der Waals surface area contributed by atoms with Crippen LogP contribution in [-0.4, -0.2) is 51.9 Å². The van der Waals surface area contributed by atoms with Gasteiger partial charge in [-0.3, -0.25) is 9.59 Å². The first-order chi connectivity index (χ1) is 17.8. The largest absolute Gasteiger partial charge is 0.493 e. The van der Waals surface area contributed by atoms with Crippen LogP contribution in [0.15, 0.2) is 70.2 Å². The smallest absolute Gasteiger partial charge is 0.343 e. The quantitative estimate of drug-likeness (QED) is 0.165. The normalized spacial score (nSPS) is 10.5. The molecule has 0 unspecified atom stereocenters. The predicted octanol–water partition coefficient (Wildman–Crippen LogP) is 3.57. The maximum absolute atomic E-state index is 12.4. The fraction of sp³-hybridized carbons (Fsp3) is 0.154. The van der Waals surface area contributed by atoms with Gasteiger partial charge in [0.2, 0.25) is 0 Å². The van der Waals surface area contributed by atoms with Gasteiger partial charge in [0.25, 0.3) is 11.8 Å². The summed E-state index contributed by atoms with van der Waals surface area (Å²) in [6, 6.07) is 16.3.